The lowest BCUT2D eigenvalue weighted by molar-refractivity contribution is -0.115. The zero-order valence-corrected chi connectivity index (χ0v) is 17.0. The smallest absolute Gasteiger partial charge is 0.263 e. The highest BCUT2D eigenvalue weighted by Crippen LogP contribution is 2.41. The van der Waals surface area contributed by atoms with Gasteiger partial charge in [0.25, 0.3) is 5.91 Å². The Morgan fingerprint density at radius 3 is 2.79 bits per heavy atom. The van der Waals surface area contributed by atoms with Gasteiger partial charge in [-0.2, -0.15) is 0 Å². The van der Waals surface area contributed by atoms with Crippen LogP contribution in [0.2, 0.25) is 0 Å². The van der Waals surface area contributed by atoms with Crippen molar-refractivity contribution in [1.29, 1.82) is 0 Å². The van der Waals surface area contributed by atoms with Gasteiger partial charge >= 0.3 is 0 Å². The normalized spacial score (nSPS) is 15.3. The van der Waals surface area contributed by atoms with Gasteiger partial charge in [-0.25, -0.2) is 0 Å². The summed E-state index contributed by atoms with van der Waals surface area (Å²) in [7, 11) is 1.63. The summed E-state index contributed by atoms with van der Waals surface area (Å²) in [5.41, 5.74) is 3.81. The molecule has 2 aromatic carbocycles. The quantitative estimate of drug-likeness (QED) is 0.470. The number of carbonyl (C=O) groups is 1. The monoisotopic (exact) mass is 410 g/mol. The summed E-state index contributed by atoms with van der Waals surface area (Å²) in [6.45, 7) is 2.43. The number of aromatic amines is 1. The van der Waals surface area contributed by atoms with E-state index < -0.39 is 0 Å². The van der Waals surface area contributed by atoms with E-state index in [9.17, 15) is 4.79 Å². The lowest BCUT2D eigenvalue weighted by atomic mass is 9.99. The van der Waals surface area contributed by atoms with Gasteiger partial charge in [-0.1, -0.05) is 30.0 Å². The molecule has 5 nitrogen and oxygen atoms in total. The molecule has 1 aromatic heterocycles. The van der Waals surface area contributed by atoms with Crippen LogP contribution in [0.1, 0.15) is 12.5 Å². The molecule has 142 valence electrons. The van der Waals surface area contributed by atoms with Crippen molar-refractivity contribution in [2.45, 2.75) is 6.92 Å². The number of carbonyl (C=O) groups excluding carboxylic acids is 1. The van der Waals surface area contributed by atoms with E-state index >= 15 is 0 Å². The van der Waals surface area contributed by atoms with Crippen LogP contribution in [-0.2, 0) is 4.79 Å². The summed E-state index contributed by atoms with van der Waals surface area (Å²) < 4.78 is 12.0. The standard InChI is InChI=1S/C21H18N2O3S2/c1-3-26-17-9-12(10-18-20(24)23-21(27)28-18)8-15(19(17)25-2)13-4-5-16-14(11-13)6-7-22-16/h4-11,22H,3H2,1-2H3,(H,23,24,27)/b18-10-. The van der Waals surface area contributed by atoms with Gasteiger partial charge in [-0.15, -0.1) is 0 Å². The Bertz CT molecular complexity index is 1120. The van der Waals surface area contributed by atoms with Crippen molar-refractivity contribution in [3.63, 3.8) is 0 Å². The molecule has 0 saturated carbocycles. The molecule has 0 radical (unpaired) electrons. The third kappa shape index (κ3) is 3.50. The van der Waals surface area contributed by atoms with Gasteiger partial charge in [-0.3, -0.25) is 4.79 Å². The van der Waals surface area contributed by atoms with Gasteiger partial charge in [0.05, 0.1) is 18.6 Å². The number of methoxy groups -OCH3 is 1. The Labute approximate surface area is 172 Å². The third-order valence-corrected chi connectivity index (χ3v) is 5.55. The molecular formula is C21H18N2O3S2. The Hall–Kier alpha value is -2.77. The van der Waals surface area contributed by atoms with Crippen LogP contribution in [0.4, 0.5) is 0 Å². The molecule has 1 aliphatic rings. The van der Waals surface area contributed by atoms with Crippen LogP contribution in [0.3, 0.4) is 0 Å². The molecule has 0 spiro atoms. The van der Waals surface area contributed by atoms with Crippen molar-refractivity contribution < 1.29 is 14.3 Å². The molecular weight excluding hydrogens is 392 g/mol. The second kappa shape index (κ2) is 7.69. The van der Waals surface area contributed by atoms with E-state index in [-0.39, 0.29) is 5.91 Å². The van der Waals surface area contributed by atoms with Gasteiger partial charge < -0.3 is 19.8 Å². The molecule has 7 heteroatoms. The third-order valence-electron chi connectivity index (χ3n) is 4.39. The van der Waals surface area contributed by atoms with Crippen LogP contribution >= 0.6 is 24.0 Å². The van der Waals surface area contributed by atoms with Crippen molar-refractivity contribution in [3.8, 4) is 22.6 Å². The first-order valence-electron chi connectivity index (χ1n) is 8.76. The predicted octanol–water partition coefficient (Wildman–Crippen LogP) is 4.73. The van der Waals surface area contributed by atoms with E-state index in [0.29, 0.717) is 27.3 Å². The SMILES string of the molecule is CCOc1cc(/C=C2\SC(=S)NC2=O)cc(-c2ccc3[nH]ccc3c2)c1OC. The van der Waals surface area contributed by atoms with Crippen LogP contribution in [0.25, 0.3) is 28.1 Å². The number of nitrogens with one attached hydrogen (secondary N) is 2. The number of ether oxygens (including phenoxy) is 2. The highest BCUT2D eigenvalue weighted by Gasteiger charge is 2.23. The van der Waals surface area contributed by atoms with Gasteiger partial charge in [0, 0.05) is 17.3 Å². The van der Waals surface area contributed by atoms with E-state index in [1.165, 1.54) is 11.8 Å². The first-order chi connectivity index (χ1) is 13.6. The number of hydrogen-bond acceptors (Lipinski definition) is 5. The second-order valence-electron chi connectivity index (χ2n) is 6.16. The molecule has 3 aromatic rings. The van der Waals surface area contributed by atoms with Crippen LogP contribution < -0.4 is 14.8 Å². The van der Waals surface area contributed by atoms with Crippen molar-refractivity contribution >= 4 is 51.2 Å². The summed E-state index contributed by atoms with van der Waals surface area (Å²) >= 11 is 6.34. The molecule has 0 atom stereocenters. The summed E-state index contributed by atoms with van der Waals surface area (Å²) in [6.07, 6.45) is 3.73. The Balaban J connectivity index is 1.88. The summed E-state index contributed by atoms with van der Waals surface area (Å²) in [5, 5.41) is 3.75. The van der Waals surface area contributed by atoms with Crippen LogP contribution in [-0.4, -0.2) is 28.9 Å². The zero-order valence-electron chi connectivity index (χ0n) is 15.4. The van der Waals surface area contributed by atoms with Crippen molar-refractivity contribution in [2.75, 3.05) is 13.7 Å². The maximum Gasteiger partial charge on any atom is 0.263 e. The van der Waals surface area contributed by atoms with Gasteiger partial charge in [0.1, 0.15) is 4.32 Å². The van der Waals surface area contributed by atoms with E-state index in [0.717, 1.165) is 27.6 Å². The van der Waals surface area contributed by atoms with Crippen LogP contribution in [0, 0.1) is 0 Å². The molecule has 0 unspecified atom stereocenters. The molecule has 1 fully saturated rings. The average molecular weight is 411 g/mol. The molecule has 0 bridgehead atoms. The molecule has 28 heavy (non-hydrogen) atoms. The molecule has 4 rings (SSSR count). The first kappa shape index (κ1) is 18.6. The molecule has 0 aliphatic carbocycles. The fourth-order valence-electron chi connectivity index (χ4n) is 3.19. The number of thioether (sulfide) groups is 1. The number of amides is 1. The molecule has 1 amide bonds. The molecule has 1 saturated heterocycles. The molecule has 1 aliphatic heterocycles. The van der Waals surface area contributed by atoms with E-state index in [1.807, 2.05) is 49.5 Å². The maximum absolute atomic E-state index is 12.0. The van der Waals surface area contributed by atoms with Gasteiger partial charge in [0.2, 0.25) is 0 Å². The second-order valence-corrected chi connectivity index (χ2v) is 7.88. The van der Waals surface area contributed by atoms with Gasteiger partial charge in [-0.05, 0) is 59.8 Å². The minimum absolute atomic E-state index is 0.181. The molecule has 2 heterocycles. The highest BCUT2D eigenvalue weighted by molar-refractivity contribution is 8.26. The minimum Gasteiger partial charge on any atom is -0.492 e. The Morgan fingerprint density at radius 2 is 2.07 bits per heavy atom. The van der Waals surface area contributed by atoms with Crippen molar-refractivity contribution in [2.24, 2.45) is 0 Å². The van der Waals surface area contributed by atoms with E-state index in [1.54, 1.807) is 7.11 Å². The fraction of sp³-hybridized carbons (Fsp3) is 0.143. The number of aromatic nitrogens is 1. The number of thiocarbonyl (C=S) groups is 1. The highest BCUT2D eigenvalue weighted by atomic mass is 32.2. The van der Waals surface area contributed by atoms with Gasteiger partial charge in [0.15, 0.2) is 11.5 Å². The Kier molecular flexibility index (Phi) is 5.11. The first-order valence-corrected chi connectivity index (χ1v) is 9.98. The average Bonchev–Trinajstić information content (AvgIpc) is 3.27. The summed E-state index contributed by atoms with van der Waals surface area (Å²) in [5.74, 6) is 1.12. The number of H-pyrrole nitrogens is 1. The van der Waals surface area contributed by atoms with Crippen LogP contribution in [0.15, 0.2) is 47.5 Å². The van der Waals surface area contributed by atoms with E-state index in [4.69, 9.17) is 21.7 Å². The van der Waals surface area contributed by atoms with Crippen LogP contribution in [0.5, 0.6) is 11.5 Å². The predicted molar refractivity (Wildman–Crippen MR) is 118 cm³/mol. The van der Waals surface area contributed by atoms with Crippen molar-refractivity contribution in [1.82, 2.24) is 10.3 Å². The van der Waals surface area contributed by atoms with E-state index in [2.05, 4.69) is 16.4 Å². The number of benzene rings is 2. The topological polar surface area (TPSA) is 63.3 Å². The summed E-state index contributed by atoms with van der Waals surface area (Å²) in [6, 6.07) is 12.1. The number of hydrogen-bond donors (Lipinski definition) is 2. The lowest BCUT2D eigenvalue weighted by Crippen LogP contribution is -2.17. The fourth-order valence-corrected chi connectivity index (χ4v) is 4.23. The lowest BCUT2D eigenvalue weighted by Gasteiger charge is -2.16. The Morgan fingerprint density at radius 1 is 1.21 bits per heavy atom. The molecule has 2 N–H and O–H groups in total. The van der Waals surface area contributed by atoms with Crippen molar-refractivity contribution in [3.05, 3.63) is 53.1 Å². The zero-order chi connectivity index (χ0) is 19.7. The maximum atomic E-state index is 12.0. The largest absolute Gasteiger partial charge is 0.492 e. The summed E-state index contributed by atoms with van der Waals surface area (Å²) in [4.78, 5) is 15.8. The number of fused-ring (bicyclic) bond motifs is 1. The number of rotatable bonds is 5. The minimum atomic E-state index is -0.181.